The molecular formula is C17H16N2O3S. The molecule has 3 rings (SSSR count). The molecule has 0 amide bonds. The molecule has 2 aromatic heterocycles. The van der Waals surface area contributed by atoms with Crippen LogP contribution in [0.2, 0.25) is 0 Å². The number of aromatic nitrogens is 2. The van der Waals surface area contributed by atoms with E-state index in [1.54, 1.807) is 13.8 Å². The molecule has 0 unspecified atom stereocenters. The maximum Gasteiger partial charge on any atom is 0.328 e. The van der Waals surface area contributed by atoms with Crippen LogP contribution in [-0.2, 0) is 9.53 Å². The number of ether oxygens (including phenoxy) is 1. The molecule has 0 bridgehead atoms. The van der Waals surface area contributed by atoms with Crippen molar-refractivity contribution in [3.05, 3.63) is 53.1 Å². The fourth-order valence-electron chi connectivity index (χ4n) is 2.33. The van der Waals surface area contributed by atoms with Gasteiger partial charge in [-0.1, -0.05) is 30.3 Å². The number of esters is 1. The number of benzene rings is 1. The summed E-state index contributed by atoms with van der Waals surface area (Å²) in [6.45, 7) is 3.65. The number of hydrogen-bond acceptors (Lipinski definition) is 5. The van der Waals surface area contributed by atoms with Crippen molar-refractivity contribution in [2.45, 2.75) is 19.9 Å². The van der Waals surface area contributed by atoms with Crippen LogP contribution in [0.5, 0.6) is 0 Å². The van der Waals surface area contributed by atoms with Crippen LogP contribution in [0.3, 0.4) is 0 Å². The van der Waals surface area contributed by atoms with Crippen LogP contribution in [-0.4, -0.2) is 22.1 Å². The molecule has 0 saturated carbocycles. The predicted octanol–water partition coefficient (Wildman–Crippen LogP) is 3.25. The van der Waals surface area contributed by atoms with E-state index in [0.29, 0.717) is 10.2 Å². The maximum atomic E-state index is 12.6. The van der Waals surface area contributed by atoms with E-state index in [1.807, 2.05) is 36.4 Å². The van der Waals surface area contributed by atoms with E-state index in [4.69, 9.17) is 4.74 Å². The quantitative estimate of drug-likeness (QED) is 0.690. The van der Waals surface area contributed by atoms with Gasteiger partial charge in [-0.2, -0.15) is 0 Å². The van der Waals surface area contributed by atoms with E-state index in [-0.39, 0.29) is 12.2 Å². The van der Waals surface area contributed by atoms with Crippen molar-refractivity contribution in [2.24, 2.45) is 0 Å². The van der Waals surface area contributed by atoms with Crippen LogP contribution in [0.1, 0.15) is 19.9 Å². The average Bonchev–Trinajstić information content (AvgIpc) is 3.01. The Morgan fingerprint density at radius 3 is 2.78 bits per heavy atom. The highest BCUT2D eigenvalue weighted by molar-refractivity contribution is 7.21. The van der Waals surface area contributed by atoms with Crippen molar-refractivity contribution in [1.29, 1.82) is 0 Å². The van der Waals surface area contributed by atoms with Crippen LogP contribution in [0.25, 0.3) is 20.7 Å². The Morgan fingerprint density at radius 1 is 1.35 bits per heavy atom. The highest BCUT2D eigenvalue weighted by atomic mass is 32.1. The van der Waals surface area contributed by atoms with Crippen LogP contribution in [0.4, 0.5) is 0 Å². The van der Waals surface area contributed by atoms with Gasteiger partial charge in [-0.05, 0) is 25.5 Å². The molecule has 0 saturated heterocycles. The number of fused-ring (bicyclic) bond motifs is 1. The Labute approximate surface area is 137 Å². The number of rotatable bonds is 4. The molecule has 5 nitrogen and oxygen atoms in total. The Bertz CT molecular complexity index is 899. The molecule has 2 heterocycles. The maximum absolute atomic E-state index is 12.6. The number of carbonyl (C=O) groups is 1. The van der Waals surface area contributed by atoms with Gasteiger partial charge in [-0.15, -0.1) is 11.3 Å². The molecular weight excluding hydrogens is 312 g/mol. The first kappa shape index (κ1) is 15.4. The normalized spacial score (nSPS) is 12.3. The lowest BCUT2D eigenvalue weighted by Gasteiger charge is -2.12. The van der Waals surface area contributed by atoms with Crippen molar-refractivity contribution in [2.75, 3.05) is 6.61 Å². The van der Waals surface area contributed by atoms with Gasteiger partial charge in [0.05, 0.1) is 18.3 Å². The summed E-state index contributed by atoms with van der Waals surface area (Å²) in [5.41, 5.74) is 0.814. The molecule has 0 aliphatic rings. The summed E-state index contributed by atoms with van der Waals surface area (Å²) in [7, 11) is 0. The molecule has 0 radical (unpaired) electrons. The Hall–Kier alpha value is -2.47. The summed E-state index contributed by atoms with van der Waals surface area (Å²) in [6.07, 6.45) is 1.41. The summed E-state index contributed by atoms with van der Waals surface area (Å²) in [4.78, 5) is 30.5. The molecule has 0 aliphatic heterocycles. The first-order chi connectivity index (χ1) is 11.1. The topological polar surface area (TPSA) is 61.2 Å². The van der Waals surface area contributed by atoms with Crippen molar-refractivity contribution in [3.63, 3.8) is 0 Å². The van der Waals surface area contributed by atoms with Crippen molar-refractivity contribution < 1.29 is 9.53 Å². The highest BCUT2D eigenvalue weighted by Crippen LogP contribution is 2.30. The van der Waals surface area contributed by atoms with E-state index >= 15 is 0 Å². The number of carbonyl (C=O) groups excluding carboxylic acids is 1. The van der Waals surface area contributed by atoms with Crippen molar-refractivity contribution in [1.82, 2.24) is 9.55 Å². The van der Waals surface area contributed by atoms with Gasteiger partial charge in [0, 0.05) is 4.88 Å². The monoisotopic (exact) mass is 328 g/mol. The van der Waals surface area contributed by atoms with E-state index < -0.39 is 12.0 Å². The van der Waals surface area contributed by atoms with Gasteiger partial charge < -0.3 is 4.74 Å². The van der Waals surface area contributed by atoms with Crippen LogP contribution in [0, 0.1) is 0 Å². The predicted molar refractivity (Wildman–Crippen MR) is 90.7 cm³/mol. The van der Waals surface area contributed by atoms with Gasteiger partial charge in [0.25, 0.3) is 5.56 Å². The van der Waals surface area contributed by atoms with Crippen LogP contribution < -0.4 is 5.56 Å². The van der Waals surface area contributed by atoms with Gasteiger partial charge in [0.1, 0.15) is 10.9 Å². The molecule has 1 atom stereocenters. The second-order valence-electron chi connectivity index (χ2n) is 5.08. The minimum absolute atomic E-state index is 0.228. The molecule has 0 N–H and O–H groups in total. The van der Waals surface area contributed by atoms with E-state index in [1.165, 1.54) is 22.2 Å². The lowest BCUT2D eigenvalue weighted by Crippen LogP contribution is -2.29. The first-order valence-corrected chi connectivity index (χ1v) is 8.16. The van der Waals surface area contributed by atoms with Gasteiger partial charge in [-0.25, -0.2) is 9.78 Å². The van der Waals surface area contributed by atoms with E-state index in [0.717, 1.165) is 10.4 Å². The summed E-state index contributed by atoms with van der Waals surface area (Å²) in [5.74, 6) is -0.436. The van der Waals surface area contributed by atoms with Crippen LogP contribution in [0.15, 0.2) is 47.5 Å². The van der Waals surface area contributed by atoms with E-state index in [9.17, 15) is 9.59 Å². The van der Waals surface area contributed by atoms with Crippen molar-refractivity contribution >= 4 is 27.5 Å². The second kappa shape index (κ2) is 6.34. The lowest BCUT2D eigenvalue weighted by molar-refractivity contribution is -0.146. The van der Waals surface area contributed by atoms with Crippen LogP contribution >= 0.6 is 11.3 Å². The molecule has 0 spiro atoms. The third-order valence-corrected chi connectivity index (χ3v) is 4.67. The molecule has 1 aromatic carbocycles. The number of hydrogen-bond donors (Lipinski definition) is 0. The molecule has 3 aromatic rings. The summed E-state index contributed by atoms with van der Waals surface area (Å²) < 4.78 is 6.30. The second-order valence-corrected chi connectivity index (χ2v) is 6.11. The minimum Gasteiger partial charge on any atom is -0.464 e. The number of nitrogens with zero attached hydrogens (tertiary/aromatic N) is 2. The number of thiophene rings is 1. The van der Waals surface area contributed by atoms with Gasteiger partial charge >= 0.3 is 5.97 Å². The SMILES string of the molecule is CCOC(=O)[C@@H](C)n1cnc2sc(-c3ccccc3)cc2c1=O. The van der Waals surface area contributed by atoms with Crippen molar-refractivity contribution in [3.8, 4) is 10.4 Å². The average molecular weight is 328 g/mol. The standard InChI is InChI=1S/C17H16N2O3S/c1-3-22-17(21)11(2)19-10-18-15-13(16(19)20)9-14(23-15)12-7-5-4-6-8-12/h4-11H,3H2,1-2H3/t11-/m1/s1. The first-order valence-electron chi connectivity index (χ1n) is 7.34. The Morgan fingerprint density at radius 2 is 2.09 bits per heavy atom. The third-order valence-electron chi connectivity index (χ3n) is 3.58. The van der Waals surface area contributed by atoms with Gasteiger partial charge in [0.15, 0.2) is 0 Å². The summed E-state index contributed by atoms with van der Waals surface area (Å²) in [6, 6.07) is 11.0. The molecule has 0 aliphatic carbocycles. The molecule has 6 heteroatoms. The molecule has 118 valence electrons. The Balaban J connectivity index is 2.06. The lowest BCUT2D eigenvalue weighted by atomic mass is 10.2. The highest BCUT2D eigenvalue weighted by Gasteiger charge is 2.19. The largest absolute Gasteiger partial charge is 0.464 e. The van der Waals surface area contributed by atoms with E-state index in [2.05, 4.69) is 4.98 Å². The van der Waals surface area contributed by atoms with Gasteiger partial charge in [-0.3, -0.25) is 9.36 Å². The Kier molecular flexibility index (Phi) is 4.25. The van der Waals surface area contributed by atoms with Gasteiger partial charge in [0.2, 0.25) is 0 Å². The molecule has 0 fully saturated rings. The zero-order valence-electron chi connectivity index (χ0n) is 12.9. The summed E-state index contributed by atoms with van der Waals surface area (Å²) in [5, 5.41) is 0.521. The zero-order valence-corrected chi connectivity index (χ0v) is 13.7. The minimum atomic E-state index is -0.695. The third kappa shape index (κ3) is 2.90. The fraction of sp³-hybridized carbons (Fsp3) is 0.235. The summed E-state index contributed by atoms with van der Waals surface area (Å²) >= 11 is 1.46. The smallest absolute Gasteiger partial charge is 0.328 e. The molecule has 23 heavy (non-hydrogen) atoms. The zero-order chi connectivity index (χ0) is 16.4. The fourth-order valence-corrected chi connectivity index (χ4v) is 3.33.